The highest BCUT2D eigenvalue weighted by Gasteiger charge is 2.27. The summed E-state index contributed by atoms with van der Waals surface area (Å²) in [5, 5.41) is 10.2. The van der Waals surface area contributed by atoms with Gasteiger partial charge in [0, 0.05) is 31.7 Å². The predicted octanol–water partition coefficient (Wildman–Crippen LogP) is 2.82. The number of hydrogen-bond acceptors (Lipinski definition) is 4. The van der Waals surface area contributed by atoms with Crippen molar-refractivity contribution >= 4 is 5.96 Å². The smallest absolute Gasteiger partial charge is 0.372 e. The summed E-state index contributed by atoms with van der Waals surface area (Å²) in [6.07, 6.45) is -2.31. The summed E-state index contributed by atoms with van der Waals surface area (Å²) in [5.74, 6) is 1.43. The van der Waals surface area contributed by atoms with Crippen molar-refractivity contribution in [3.63, 3.8) is 0 Å². The van der Waals surface area contributed by atoms with Crippen LogP contribution in [0.1, 0.15) is 44.2 Å². The predicted molar refractivity (Wildman–Crippen MR) is 89.6 cm³/mol. The molecule has 0 fully saturated rings. The second kappa shape index (κ2) is 11.0. The first kappa shape index (κ1) is 21.3. The van der Waals surface area contributed by atoms with Crippen LogP contribution in [-0.4, -0.2) is 43.6 Å². The summed E-state index contributed by atoms with van der Waals surface area (Å²) >= 11 is 0. The van der Waals surface area contributed by atoms with Gasteiger partial charge >= 0.3 is 6.18 Å². The molecule has 25 heavy (non-hydrogen) atoms. The Hall–Kier alpha value is -1.77. The molecule has 0 saturated carbocycles. The van der Waals surface area contributed by atoms with Crippen molar-refractivity contribution < 1.29 is 22.4 Å². The minimum Gasteiger partial charge on any atom is -0.372 e. The third kappa shape index (κ3) is 8.24. The first-order valence-corrected chi connectivity index (χ1v) is 8.54. The number of nitrogens with zero attached hydrogens (tertiary/aromatic N) is 2. The second-order valence-corrected chi connectivity index (χ2v) is 5.38. The normalized spacial score (nSPS) is 12.5. The van der Waals surface area contributed by atoms with Gasteiger partial charge in [-0.15, -0.1) is 0 Å². The minimum absolute atomic E-state index is 0.0392. The molecule has 9 heteroatoms. The molecular weight excluding hydrogens is 337 g/mol. The molecule has 0 aromatic carbocycles. The van der Waals surface area contributed by atoms with E-state index in [2.05, 4.69) is 25.5 Å². The number of halogens is 3. The van der Waals surface area contributed by atoms with Crippen molar-refractivity contribution in [2.45, 2.75) is 52.8 Å². The fourth-order valence-electron chi connectivity index (χ4n) is 2.19. The lowest BCUT2D eigenvalue weighted by Gasteiger charge is -2.12. The van der Waals surface area contributed by atoms with Crippen LogP contribution < -0.4 is 10.6 Å². The van der Waals surface area contributed by atoms with Crippen LogP contribution in [0.5, 0.6) is 0 Å². The number of hydrogen-bond donors (Lipinski definition) is 2. The standard InChI is InChI=1S/C16H27F3N4O2/c1-4-13-12(14(5-2)25-23-13)10-22-15(20-6-3)21-8-7-9-24-11-16(17,18)19/h4-11H2,1-3H3,(H2,20,21,22). The molecule has 0 bridgehead atoms. The highest BCUT2D eigenvalue weighted by Crippen LogP contribution is 2.17. The minimum atomic E-state index is -4.28. The third-order valence-electron chi connectivity index (χ3n) is 3.37. The Morgan fingerprint density at radius 1 is 1.20 bits per heavy atom. The van der Waals surface area contributed by atoms with Gasteiger partial charge in [0.05, 0.1) is 12.2 Å². The Morgan fingerprint density at radius 2 is 1.96 bits per heavy atom. The van der Waals surface area contributed by atoms with Crippen LogP contribution in [0, 0.1) is 0 Å². The van der Waals surface area contributed by atoms with Crippen LogP contribution in [0.3, 0.4) is 0 Å². The van der Waals surface area contributed by atoms with Gasteiger partial charge in [0.1, 0.15) is 12.4 Å². The Morgan fingerprint density at radius 3 is 2.56 bits per heavy atom. The molecule has 0 aliphatic heterocycles. The monoisotopic (exact) mass is 364 g/mol. The van der Waals surface area contributed by atoms with Gasteiger partial charge in [-0.2, -0.15) is 13.2 Å². The third-order valence-corrected chi connectivity index (χ3v) is 3.37. The van der Waals surface area contributed by atoms with E-state index in [1.807, 2.05) is 20.8 Å². The van der Waals surface area contributed by atoms with Crippen LogP contribution in [-0.2, 0) is 24.1 Å². The number of rotatable bonds is 10. The first-order chi connectivity index (χ1) is 11.9. The summed E-state index contributed by atoms with van der Waals surface area (Å²) in [6.45, 7) is 6.36. The summed E-state index contributed by atoms with van der Waals surface area (Å²) in [6, 6.07) is 0. The molecule has 2 N–H and O–H groups in total. The van der Waals surface area contributed by atoms with Crippen molar-refractivity contribution in [1.82, 2.24) is 15.8 Å². The lowest BCUT2D eigenvalue weighted by molar-refractivity contribution is -0.173. The van der Waals surface area contributed by atoms with E-state index in [4.69, 9.17) is 4.52 Å². The second-order valence-electron chi connectivity index (χ2n) is 5.38. The number of aliphatic imine (C=N–C) groups is 1. The quantitative estimate of drug-likeness (QED) is 0.379. The van der Waals surface area contributed by atoms with Crippen molar-refractivity contribution in [2.24, 2.45) is 4.99 Å². The lowest BCUT2D eigenvalue weighted by Crippen LogP contribution is -2.38. The molecule has 0 saturated heterocycles. The highest BCUT2D eigenvalue weighted by molar-refractivity contribution is 5.79. The number of guanidine groups is 1. The van der Waals surface area contributed by atoms with E-state index in [1.54, 1.807) is 0 Å². The number of alkyl halides is 3. The molecule has 1 heterocycles. The molecule has 0 amide bonds. The van der Waals surface area contributed by atoms with E-state index in [-0.39, 0.29) is 6.61 Å². The van der Waals surface area contributed by atoms with Crippen molar-refractivity contribution in [1.29, 1.82) is 0 Å². The zero-order chi connectivity index (χ0) is 18.7. The van der Waals surface area contributed by atoms with Crippen molar-refractivity contribution in [3.8, 4) is 0 Å². The molecule has 0 unspecified atom stereocenters. The van der Waals surface area contributed by atoms with Gasteiger partial charge in [-0.25, -0.2) is 4.99 Å². The van der Waals surface area contributed by atoms with Crippen LogP contribution in [0.4, 0.5) is 13.2 Å². The zero-order valence-corrected chi connectivity index (χ0v) is 15.0. The molecule has 0 spiro atoms. The van der Waals surface area contributed by atoms with E-state index in [9.17, 15) is 13.2 Å². The zero-order valence-electron chi connectivity index (χ0n) is 15.0. The van der Waals surface area contributed by atoms with Crippen LogP contribution in [0.25, 0.3) is 0 Å². The van der Waals surface area contributed by atoms with E-state index >= 15 is 0 Å². The van der Waals surface area contributed by atoms with Gasteiger partial charge in [0.25, 0.3) is 0 Å². The van der Waals surface area contributed by atoms with Crippen molar-refractivity contribution in [2.75, 3.05) is 26.3 Å². The molecule has 1 aromatic rings. The van der Waals surface area contributed by atoms with E-state index < -0.39 is 12.8 Å². The molecule has 144 valence electrons. The average Bonchev–Trinajstić information content (AvgIpc) is 2.96. The van der Waals surface area contributed by atoms with Crippen LogP contribution >= 0.6 is 0 Å². The Labute approximate surface area is 146 Å². The number of ether oxygens (including phenoxy) is 1. The topological polar surface area (TPSA) is 71.7 Å². The molecule has 1 aromatic heterocycles. The maximum Gasteiger partial charge on any atom is 0.411 e. The SMILES string of the molecule is CCNC(=NCc1c(CC)noc1CC)NCCCOCC(F)(F)F. The van der Waals surface area contributed by atoms with Gasteiger partial charge in [0.15, 0.2) is 5.96 Å². The molecular formula is C16H27F3N4O2. The van der Waals surface area contributed by atoms with Gasteiger partial charge in [-0.05, 0) is 19.8 Å². The highest BCUT2D eigenvalue weighted by atomic mass is 19.4. The number of aryl methyl sites for hydroxylation is 2. The van der Waals surface area contributed by atoms with Crippen molar-refractivity contribution in [3.05, 3.63) is 17.0 Å². The first-order valence-electron chi connectivity index (χ1n) is 8.54. The summed E-state index contributed by atoms with van der Waals surface area (Å²) in [7, 11) is 0. The largest absolute Gasteiger partial charge is 0.411 e. The summed E-state index contributed by atoms with van der Waals surface area (Å²) in [5.41, 5.74) is 1.90. The molecule has 6 nitrogen and oxygen atoms in total. The van der Waals surface area contributed by atoms with Gasteiger partial charge < -0.3 is 19.9 Å². The van der Waals surface area contributed by atoms with Gasteiger partial charge in [-0.3, -0.25) is 0 Å². The van der Waals surface area contributed by atoms with Gasteiger partial charge in [-0.1, -0.05) is 19.0 Å². The summed E-state index contributed by atoms with van der Waals surface area (Å²) < 4.78 is 45.8. The van der Waals surface area contributed by atoms with E-state index in [1.165, 1.54) is 0 Å². The van der Waals surface area contributed by atoms with E-state index in [0.29, 0.717) is 32.0 Å². The molecule has 0 aliphatic carbocycles. The fraction of sp³-hybridized carbons (Fsp3) is 0.750. The molecule has 0 atom stereocenters. The Bertz CT molecular complexity index is 508. The maximum atomic E-state index is 12.0. The molecule has 1 rings (SSSR count). The molecule has 0 radical (unpaired) electrons. The Balaban J connectivity index is 2.48. The van der Waals surface area contributed by atoms with Gasteiger partial charge in [0.2, 0.25) is 0 Å². The average molecular weight is 364 g/mol. The molecule has 0 aliphatic rings. The van der Waals surface area contributed by atoms with E-state index in [0.717, 1.165) is 29.9 Å². The van der Waals surface area contributed by atoms with Crippen LogP contribution in [0.2, 0.25) is 0 Å². The maximum absolute atomic E-state index is 12.0. The lowest BCUT2D eigenvalue weighted by atomic mass is 10.1. The number of nitrogens with one attached hydrogen (secondary N) is 2. The summed E-state index contributed by atoms with van der Waals surface area (Å²) in [4.78, 5) is 4.50. The Kier molecular flexibility index (Phi) is 9.33. The number of aromatic nitrogens is 1. The van der Waals surface area contributed by atoms with Crippen LogP contribution in [0.15, 0.2) is 9.52 Å². The fourth-order valence-corrected chi connectivity index (χ4v) is 2.19.